The summed E-state index contributed by atoms with van der Waals surface area (Å²) in [6.45, 7) is 7.36. The molecule has 27 heavy (non-hydrogen) atoms. The van der Waals surface area contributed by atoms with Gasteiger partial charge in [0.05, 0.1) is 19.6 Å². The summed E-state index contributed by atoms with van der Waals surface area (Å²) in [6.07, 6.45) is 7.08. The summed E-state index contributed by atoms with van der Waals surface area (Å²) in [5.41, 5.74) is 0.262. The largest absolute Gasteiger partial charge is 0.334 e. The topological polar surface area (TPSA) is 82.5 Å². The Labute approximate surface area is 160 Å². The standard InChI is InChI=1S/C19H30N6O2/c1-2-23-10-8-22-16(23)13-25(15-11-19(15)3-5-20-6-4-19)18(27)14-24-9-7-21-12-17(24)26/h8,10,15,20-21H,2-7,9,11-14H2,1H3. The van der Waals surface area contributed by atoms with Crippen molar-refractivity contribution in [1.82, 2.24) is 30.0 Å². The van der Waals surface area contributed by atoms with Crippen molar-refractivity contribution in [2.24, 2.45) is 5.41 Å². The second-order valence-corrected chi connectivity index (χ2v) is 7.98. The summed E-state index contributed by atoms with van der Waals surface area (Å²) >= 11 is 0. The minimum Gasteiger partial charge on any atom is -0.334 e. The number of nitrogens with zero attached hydrogens (tertiary/aromatic N) is 4. The Morgan fingerprint density at radius 1 is 1.33 bits per heavy atom. The molecule has 4 rings (SSSR count). The van der Waals surface area contributed by atoms with Gasteiger partial charge in [-0.05, 0) is 44.7 Å². The number of imidazole rings is 1. The van der Waals surface area contributed by atoms with Crippen LogP contribution in [0.1, 0.15) is 32.0 Å². The SMILES string of the molecule is CCn1ccnc1CN(C(=O)CN1CCNCC1=O)C1CC12CCNCC2. The lowest BCUT2D eigenvalue weighted by Gasteiger charge is -2.32. The highest BCUT2D eigenvalue weighted by Crippen LogP contribution is 2.56. The molecule has 0 aromatic carbocycles. The number of aromatic nitrogens is 2. The maximum absolute atomic E-state index is 13.2. The number of piperazine rings is 1. The quantitative estimate of drug-likeness (QED) is 0.721. The summed E-state index contributed by atoms with van der Waals surface area (Å²) in [5.74, 6) is 0.988. The Morgan fingerprint density at radius 2 is 2.15 bits per heavy atom. The molecule has 148 valence electrons. The second-order valence-electron chi connectivity index (χ2n) is 7.98. The van der Waals surface area contributed by atoms with Crippen LogP contribution in [0.2, 0.25) is 0 Å². The number of rotatable bonds is 6. The lowest BCUT2D eigenvalue weighted by Crippen LogP contribution is -2.52. The summed E-state index contributed by atoms with van der Waals surface area (Å²) in [5, 5.41) is 6.49. The zero-order valence-electron chi connectivity index (χ0n) is 16.1. The monoisotopic (exact) mass is 374 g/mol. The Bertz CT molecular complexity index is 696. The minimum absolute atomic E-state index is 0.0111. The number of nitrogens with one attached hydrogen (secondary N) is 2. The summed E-state index contributed by atoms with van der Waals surface area (Å²) in [4.78, 5) is 33.5. The van der Waals surface area contributed by atoms with Crippen molar-refractivity contribution in [1.29, 1.82) is 0 Å². The number of aryl methyl sites for hydroxylation is 1. The third-order valence-electron chi connectivity index (χ3n) is 6.41. The van der Waals surface area contributed by atoms with Crippen LogP contribution < -0.4 is 10.6 Å². The molecule has 1 spiro atoms. The van der Waals surface area contributed by atoms with Crippen molar-refractivity contribution >= 4 is 11.8 Å². The molecule has 0 bridgehead atoms. The van der Waals surface area contributed by atoms with Crippen LogP contribution in [0.3, 0.4) is 0 Å². The molecule has 8 nitrogen and oxygen atoms in total. The van der Waals surface area contributed by atoms with E-state index in [0.717, 1.165) is 51.3 Å². The molecular formula is C19H30N6O2. The van der Waals surface area contributed by atoms with E-state index in [1.165, 1.54) is 0 Å². The molecule has 3 heterocycles. The number of amides is 2. The van der Waals surface area contributed by atoms with Gasteiger partial charge in [0.15, 0.2) is 0 Å². The lowest BCUT2D eigenvalue weighted by atomic mass is 9.93. The first-order valence-electron chi connectivity index (χ1n) is 10.1. The molecule has 1 atom stereocenters. The summed E-state index contributed by atoms with van der Waals surface area (Å²) in [7, 11) is 0. The predicted molar refractivity (Wildman–Crippen MR) is 101 cm³/mol. The highest BCUT2D eigenvalue weighted by molar-refractivity contribution is 5.86. The van der Waals surface area contributed by atoms with E-state index in [4.69, 9.17) is 0 Å². The fourth-order valence-corrected chi connectivity index (χ4v) is 4.60. The number of hydrogen-bond donors (Lipinski definition) is 2. The molecule has 1 unspecified atom stereocenters. The Morgan fingerprint density at radius 3 is 2.89 bits per heavy atom. The van der Waals surface area contributed by atoms with E-state index >= 15 is 0 Å². The normalized spacial score (nSPS) is 24.3. The molecule has 2 saturated heterocycles. The van der Waals surface area contributed by atoms with Gasteiger partial charge in [-0.1, -0.05) is 0 Å². The maximum Gasteiger partial charge on any atom is 0.242 e. The van der Waals surface area contributed by atoms with Crippen molar-refractivity contribution < 1.29 is 9.59 Å². The summed E-state index contributed by atoms with van der Waals surface area (Å²) in [6, 6.07) is 0.270. The van der Waals surface area contributed by atoms with Crippen LogP contribution in [0.4, 0.5) is 0 Å². The van der Waals surface area contributed by atoms with Crippen molar-refractivity contribution in [3.05, 3.63) is 18.2 Å². The number of hydrogen-bond acceptors (Lipinski definition) is 5. The van der Waals surface area contributed by atoms with E-state index in [-0.39, 0.29) is 29.8 Å². The zero-order chi connectivity index (χ0) is 18.9. The second kappa shape index (κ2) is 7.59. The molecule has 3 aliphatic rings. The molecule has 1 saturated carbocycles. The first-order chi connectivity index (χ1) is 13.1. The number of carbonyl (C=O) groups is 2. The predicted octanol–water partition coefficient (Wildman–Crippen LogP) is -0.194. The fourth-order valence-electron chi connectivity index (χ4n) is 4.60. The van der Waals surface area contributed by atoms with Crippen LogP contribution in [0, 0.1) is 5.41 Å². The molecule has 2 amide bonds. The van der Waals surface area contributed by atoms with Crippen LogP contribution in [0.25, 0.3) is 0 Å². The van der Waals surface area contributed by atoms with Gasteiger partial charge in [0, 0.05) is 38.1 Å². The van der Waals surface area contributed by atoms with Crippen molar-refractivity contribution in [2.75, 3.05) is 39.3 Å². The molecule has 2 aliphatic heterocycles. The van der Waals surface area contributed by atoms with E-state index in [9.17, 15) is 9.59 Å². The summed E-state index contributed by atoms with van der Waals surface area (Å²) < 4.78 is 2.09. The fraction of sp³-hybridized carbons (Fsp3) is 0.737. The smallest absolute Gasteiger partial charge is 0.242 e. The molecule has 3 fully saturated rings. The van der Waals surface area contributed by atoms with Gasteiger partial charge < -0.3 is 25.0 Å². The highest BCUT2D eigenvalue weighted by Gasteiger charge is 2.57. The van der Waals surface area contributed by atoms with E-state index in [2.05, 4.69) is 27.1 Å². The van der Waals surface area contributed by atoms with Crippen molar-refractivity contribution in [3.63, 3.8) is 0 Å². The third-order valence-corrected chi connectivity index (χ3v) is 6.41. The molecule has 1 aromatic rings. The van der Waals surface area contributed by atoms with Gasteiger partial charge in [-0.15, -0.1) is 0 Å². The minimum atomic E-state index is 0.0111. The van der Waals surface area contributed by atoms with Gasteiger partial charge in [-0.3, -0.25) is 9.59 Å². The third kappa shape index (κ3) is 3.73. The van der Waals surface area contributed by atoms with Gasteiger partial charge in [0.1, 0.15) is 5.82 Å². The van der Waals surface area contributed by atoms with Crippen molar-refractivity contribution in [3.8, 4) is 0 Å². The van der Waals surface area contributed by atoms with Crippen LogP contribution in [-0.4, -0.2) is 76.5 Å². The molecule has 1 aliphatic carbocycles. The average molecular weight is 374 g/mol. The first kappa shape index (κ1) is 18.4. The van der Waals surface area contributed by atoms with Crippen LogP contribution in [0.5, 0.6) is 0 Å². The first-order valence-corrected chi connectivity index (χ1v) is 10.1. The highest BCUT2D eigenvalue weighted by atomic mass is 16.2. The van der Waals surface area contributed by atoms with Crippen LogP contribution in [0.15, 0.2) is 12.4 Å². The van der Waals surface area contributed by atoms with Gasteiger partial charge in [0.25, 0.3) is 0 Å². The molecule has 2 N–H and O–H groups in total. The van der Waals surface area contributed by atoms with Gasteiger partial charge >= 0.3 is 0 Å². The molecule has 8 heteroatoms. The van der Waals surface area contributed by atoms with Gasteiger partial charge in [0.2, 0.25) is 11.8 Å². The van der Waals surface area contributed by atoms with Crippen LogP contribution >= 0.6 is 0 Å². The average Bonchev–Trinajstić information content (AvgIpc) is 3.15. The number of piperidine rings is 1. The Balaban J connectivity index is 1.50. The van der Waals surface area contributed by atoms with E-state index in [1.807, 2.05) is 11.1 Å². The Kier molecular flexibility index (Phi) is 5.19. The number of carbonyl (C=O) groups excluding carboxylic acids is 2. The van der Waals surface area contributed by atoms with E-state index in [1.54, 1.807) is 11.1 Å². The van der Waals surface area contributed by atoms with E-state index in [0.29, 0.717) is 19.6 Å². The zero-order valence-corrected chi connectivity index (χ0v) is 16.1. The van der Waals surface area contributed by atoms with Gasteiger partial charge in [-0.2, -0.15) is 0 Å². The molecular weight excluding hydrogens is 344 g/mol. The van der Waals surface area contributed by atoms with Gasteiger partial charge in [-0.25, -0.2) is 4.98 Å². The van der Waals surface area contributed by atoms with Crippen molar-refractivity contribution in [2.45, 2.75) is 45.3 Å². The lowest BCUT2D eigenvalue weighted by molar-refractivity contribution is -0.142. The Hall–Kier alpha value is -1.93. The molecule has 1 aromatic heterocycles. The molecule has 0 radical (unpaired) electrons. The maximum atomic E-state index is 13.2. The van der Waals surface area contributed by atoms with Crippen LogP contribution in [-0.2, 0) is 22.7 Å². The van der Waals surface area contributed by atoms with E-state index < -0.39 is 0 Å².